The van der Waals surface area contributed by atoms with E-state index in [0.29, 0.717) is 15.7 Å². The second kappa shape index (κ2) is 8.22. The Bertz CT molecular complexity index is 1260. The number of hydrogen-bond donors (Lipinski definition) is 3. The number of rotatable bonds is 4. The van der Waals surface area contributed by atoms with Crippen molar-refractivity contribution in [2.75, 3.05) is 5.43 Å². The molecule has 2 aliphatic rings. The molecule has 162 valence electrons. The summed E-state index contributed by atoms with van der Waals surface area (Å²) in [6.45, 7) is 0. The largest absolute Gasteiger partial charge is 0.386 e. The Kier molecular flexibility index (Phi) is 5.39. The number of nitrogens with one attached hydrogen (secondary N) is 2. The molecule has 8 heteroatoms. The van der Waals surface area contributed by atoms with Gasteiger partial charge in [-0.1, -0.05) is 77.8 Å². The molecule has 3 aromatic rings. The van der Waals surface area contributed by atoms with E-state index >= 15 is 0 Å². The van der Waals surface area contributed by atoms with Gasteiger partial charge in [-0.2, -0.15) is 0 Å². The fourth-order valence-corrected chi connectivity index (χ4v) is 4.85. The fourth-order valence-electron chi connectivity index (χ4n) is 4.40. The lowest BCUT2D eigenvalue weighted by Gasteiger charge is -2.41. The first-order valence-corrected chi connectivity index (χ1v) is 10.9. The molecule has 2 heterocycles. The number of aliphatic hydroxyl groups excluding tert-OH is 1. The van der Waals surface area contributed by atoms with Crippen LogP contribution in [0.4, 0.5) is 5.69 Å². The van der Waals surface area contributed by atoms with E-state index in [0.717, 1.165) is 16.3 Å². The fraction of sp³-hybridized carbons (Fsp3) is 0.167. The zero-order valence-electron chi connectivity index (χ0n) is 16.7. The lowest BCUT2D eigenvalue weighted by molar-refractivity contribution is -0.126. The number of carbonyl (C=O) groups excluding carboxylic acids is 2. The number of carbonyl (C=O) groups is 2. The van der Waals surface area contributed by atoms with Crippen LogP contribution >= 0.6 is 23.2 Å². The lowest BCUT2D eigenvalue weighted by atomic mass is 9.89. The number of hydrazine groups is 1. The molecule has 6 nitrogen and oxygen atoms in total. The summed E-state index contributed by atoms with van der Waals surface area (Å²) in [5.41, 5.74) is 4.39. The van der Waals surface area contributed by atoms with E-state index in [1.54, 1.807) is 35.4 Å². The summed E-state index contributed by atoms with van der Waals surface area (Å²) in [5, 5.41) is 18.2. The molecule has 3 N–H and O–H groups in total. The summed E-state index contributed by atoms with van der Waals surface area (Å²) in [4.78, 5) is 25.0. The van der Waals surface area contributed by atoms with Gasteiger partial charge in [0.05, 0.1) is 22.7 Å². The molecule has 3 aromatic carbocycles. The number of amides is 2. The molecular formula is C24H19Cl2N3O3. The highest BCUT2D eigenvalue weighted by atomic mass is 35.5. The number of imide groups is 1. The first-order valence-electron chi connectivity index (χ1n) is 10.1. The molecule has 0 spiro atoms. The van der Waals surface area contributed by atoms with Crippen LogP contribution < -0.4 is 10.7 Å². The summed E-state index contributed by atoms with van der Waals surface area (Å²) >= 11 is 12.4. The van der Waals surface area contributed by atoms with Gasteiger partial charge in [0.2, 0.25) is 11.8 Å². The molecule has 32 heavy (non-hydrogen) atoms. The monoisotopic (exact) mass is 467 g/mol. The van der Waals surface area contributed by atoms with Crippen LogP contribution in [0.15, 0.2) is 72.8 Å². The molecule has 0 radical (unpaired) electrons. The van der Waals surface area contributed by atoms with Crippen LogP contribution in [-0.2, 0) is 9.59 Å². The SMILES string of the molecule is O=C1NC(=O)C2C1C=CC(C(O)c1cccc3ccccc13)N2Nc1ccc(Cl)cc1Cl. The van der Waals surface area contributed by atoms with Gasteiger partial charge in [-0.3, -0.25) is 14.9 Å². The minimum atomic E-state index is -0.986. The van der Waals surface area contributed by atoms with E-state index in [4.69, 9.17) is 23.2 Å². The molecule has 4 atom stereocenters. The quantitative estimate of drug-likeness (QED) is 0.397. The van der Waals surface area contributed by atoms with E-state index in [9.17, 15) is 14.7 Å². The molecule has 0 bridgehead atoms. The maximum atomic E-state index is 12.7. The molecular weight excluding hydrogens is 449 g/mol. The Morgan fingerprint density at radius 1 is 0.969 bits per heavy atom. The van der Waals surface area contributed by atoms with Gasteiger partial charge in [0.1, 0.15) is 12.1 Å². The van der Waals surface area contributed by atoms with Crippen molar-refractivity contribution in [3.63, 3.8) is 0 Å². The molecule has 0 aromatic heterocycles. The van der Waals surface area contributed by atoms with Crippen molar-refractivity contribution < 1.29 is 14.7 Å². The van der Waals surface area contributed by atoms with E-state index in [1.807, 2.05) is 42.5 Å². The summed E-state index contributed by atoms with van der Waals surface area (Å²) in [7, 11) is 0. The van der Waals surface area contributed by atoms with Crippen molar-refractivity contribution in [3.8, 4) is 0 Å². The zero-order chi connectivity index (χ0) is 22.4. The van der Waals surface area contributed by atoms with Crippen molar-refractivity contribution in [1.82, 2.24) is 10.3 Å². The van der Waals surface area contributed by atoms with Gasteiger partial charge in [-0.25, -0.2) is 5.01 Å². The first-order chi connectivity index (χ1) is 15.4. The Hall–Kier alpha value is -2.90. The second-order valence-electron chi connectivity index (χ2n) is 7.86. The Morgan fingerprint density at radius 2 is 1.75 bits per heavy atom. The standard InChI is InChI=1S/C24H19Cl2N3O3/c25-14-8-10-19(18(26)12-14)28-29-20(11-9-17-21(29)24(32)27-23(17)31)22(30)16-7-3-5-13-4-1-2-6-15(13)16/h1-12,17,20-22,28,30H,(H,27,31,32). The molecule has 2 amide bonds. The van der Waals surface area contributed by atoms with E-state index in [1.165, 1.54) is 0 Å². The van der Waals surface area contributed by atoms with Crippen molar-refractivity contribution in [2.45, 2.75) is 18.2 Å². The van der Waals surface area contributed by atoms with Gasteiger partial charge in [0, 0.05) is 5.02 Å². The maximum absolute atomic E-state index is 12.7. The average molecular weight is 468 g/mol. The van der Waals surface area contributed by atoms with Crippen molar-refractivity contribution in [3.05, 3.63) is 88.4 Å². The minimum Gasteiger partial charge on any atom is -0.386 e. The van der Waals surface area contributed by atoms with Crippen LogP contribution in [0.3, 0.4) is 0 Å². The number of hydrogen-bond acceptors (Lipinski definition) is 5. The van der Waals surface area contributed by atoms with Crippen LogP contribution in [0.1, 0.15) is 11.7 Å². The predicted octanol–water partition coefficient (Wildman–Crippen LogP) is 4.09. The van der Waals surface area contributed by atoms with Gasteiger partial charge >= 0.3 is 0 Å². The van der Waals surface area contributed by atoms with Crippen molar-refractivity contribution in [2.24, 2.45) is 5.92 Å². The van der Waals surface area contributed by atoms with Gasteiger partial charge in [0.25, 0.3) is 0 Å². The van der Waals surface area contributed by atoms with Gasteiger partial charge in [-0.05, 0) is 34.5 Å². The smallest absolute Gasteiger partial charge is 0.246 e. The zero-order valence-corrected chi connectivity index (χ0v) is 18.2. The molecule has 0 saturated carbocycles. The van der Waals surface area contributed by atoms with Crippen LogP contribution in [0, 0.1) is 5.92 Å². The Labute approximate surface area is 194 Å². The molecule has 4 unspecified atom stereocenters. The van der Waals surface area contributed by atoms with Gasteiger partial charge < -0.3 is 10.5 Å². The van der Waals surface area contributed by atoms with Crippen molar-refractivity contribution >= 4 is 51.5 Å². The molecule has 1 saturated heterocycles. The van der Waals surface area contributed by atoms with Crippen LogP contribution in [0.25, 0.3) is 10.8 Å². The van der Waals surface area contributed by atoms with Crippen LogP contribution in [0.5, 0.6) is 0 Å². The summed E-state index contributed by atoms with van der Waals surface area (Å²) in [6.07, 6.45) is 2.45. The topological polar surface area (TPSA) is 81.7 Å². The minimum absolute atomic E-state index is 0.353. The summed E-state index contributed by atoms with van der Waals surface area (Å²) < 4.78 is 0. The third-order valence-corrected chi connectivity index (χ3v) is 6.49. The number of aliphatic hydroxyl groups is 1. The van der Waals surface area contributed by atoms with Crippen molar-refractivity contribution in [1.29, 1.82) is 0 Å². The normalized spacial score (nSPS) is 23.8. The lowest BCUT2D eigenvalue weighted by Crippen LogP contribution is -2.55. The van der Waals surface area contributed by atoms with E-state index in [-0.39, 0.29) is 5.91 Å². The number of nitrogens with zero attached hydrogens (tertiary/aromatic N) is 1. The average Bonchev–Trinajstić information content (AvgIpc) is 3.08. The van der Waals surface area contributed by atoms with Gasteiger partial charge in [0.15, 0.2) is 0 Å². The summed E-state index contributed by atoms with van der Waals surface area (Å²) in [6, 6.07) is 17.0. The van der Waals surface area contributed by atoms with E-state index < -0.39 is 30.0 Å². The number of anilines is 1. The third kappa shape index (κ3) is 3.55. The van der Waals surface area contributed by atoms with Crippen LogP contribution in [0.2, 0.25) is 10.0 Å². The Balaban J connectivity index is 1.58. The maximum Gasteiger partial charge on any atom is 0.246 e. The third-order valence-electron chi connectivity index (χ3n) is 5.94. The number of fused-ring (bicyclic) bond motifs is 2. The Morgan fingerprint density at radius 3 is 2.56 bits per heavy atom. The molecule has 2 aliphatic heterocycles. The number of halogens is 2. The predicted molar refractivity (Wildman–Crippen MR) is 124 cm³/mol. The molecule has 5 rings (SSSR count). The van der Waals surface area contributed by atoms with Gasteiger partial charge in [-0.15, -0.1) is 0 Å². The summed E-state index contributed by atoms with van der Waals surface area (Å²) in [5.74, 6) is -1.47. The highest BCUT2D eigenvalue weighted by Gasteiger charge is 2.49. The number of benzene rings is 3. The first kappa shape index (κ1) is 21.0. The van der Waals surface area contributed by atoms with E-state index in [2.05, 4.69) is 10.7 Å². The van der Waals surface area contributed by atoms with Crippen LogP contribution in [-0.4, -0.2) is 34.0 Å². The highest BCUT2D eigenvalue weighted by Crippen LogP contribution is 2.36. The second-order valence-corrected chi connectivity index (χ2v) is 8.70. The highest BCUT2D eigenvalue weighted by molar-refractivity contribution is 6.36. The molecule has 0 aliphatic carbocycles. The molecule has 1 fully saturated rings.